The smallest absolute Gasteiger partial charge is 0.256 e. The summed E-state index contributed by atoms with van der Waals surface area (Å²) in [6.07, 6.45) is 5.39. The lowest BCUT2D eigenvalue weighted by Crippen LogP contribution is -2.27. The predicted molar refractivity (Wildman–Crippen MR) is 91.8 cm³/mol. The number of carbonyl (C=O) groups excluding carboxylic acids is 1. The highest BCUT2D eigenvalue weighted by atomic mass is 16.5. The molecule has 3 rings (SSSR count). The Morgan fingerprint density at radius 1 is 1.21 bits per heavy atom. The van der Waals surface area contributed by atoms with Crippen molar-refractivity contribution in [1.82, 2.24) is 19.7 Å². The summed E-state index contributed by atoms with van der Waals surface area (Å²) in [6.45, 7) is 2.96. The number of amides is 1. The summed E-state index contributed by atoms with van der Waals surface area (Å²) in [6, 6.07) is 11.9. The highest BCUT2D eigenvalue weighted by Gasteiger charge is 2.19. The molecule has 0 saturated carbocycles. The normalized spacial score (nSPS) is 10.8. The van der Waals surface area contributed by atoms with Crippen LogP contribution in [0.1, 0.15) is 15.9 Å². The molecule has 0 spiro atoms. The number of hydrogen-bond donors (Lipinski definition) is 1. The van der Waals surface area contributed by atoms with E-state index in [1.807, 2.05) is 60.3 Å². The zero-order chi connectivity index (χ0) is 16.9. The van der Waals surface area contributed by atoms with Crippen molar-refractivity contribution < 1.29 is 9.53 Å². The van der Waals surface area contributed by atoms with Crippen LogP contribution in [0.4, 0.5) is 0 Å². The molecule has 0 saturated heterocycles. The first kappa shape index (κ1) is 16.0. The van der Waals surface area contributed by atoms with Gasteiger partial charge in [0.25, 0.3) is 5.91 Å². The van der Waals surface area contributed by atoms with Crippen LogP contribution in [0.25, 0.3) is 11.5 Å². The van der Waals surface area contributed by atoms with E-state index >= 15 is 0 Å². The largest absolute Gasteiger partial charge is 0.383 e. The summed E-state index contributed by atoms with van der Waals surface area (Å²) in [5.41, 5.74) is 2.59. The number of ether oxygens (including phenoxy) is 1. The summed E-state index contributed by atoms with van der Waals surface area (Å²) in [7, 11) is 1.60. The van der Waals surface area contributed by atoms with Gasteiger partial charge in [0.1, 0.15) is 5.56 Å². The van der Waals surface area contributed by atoms with Gasteiger partial charge in [0.2, 0.25) is 0 Å². The Hall–Kier alpha value is -2.86. The van der Waals surface area contributed by atoms with Crippen LogP contribution in [-0.4, -0.2) is 40.5 Å². The van der Waals surface area contributed by atoms with Gasteiger partial charge in [-0.2, -0.15) is 5.10 Å². The maximum Gasteiger partial charge on any atom is 0.256 e. The number of aromatic nitrogens is 3. The van der Waals surface area contributed by atoms with Crippen molar-refractivity contribution in [2.24, 2.45) is 0 Å². The Bertz CT molecular complexity index is 804. The second-order valence-corrected chi connectivity index (χ2v) is 5.47. The van der Waals surface area contributed by atoms with E-state index < -0.39 is 0 Å². The lowest BCUT2D eigenvalue weighted by atomic mass is 10.2. The first-order valence-electron chi connectivity index (χ1n) is 7.76. The average Bonchev–Trinajstić information content (AvgIpc) is 3.24. The molecule has 0 bridgehead atoms. The molecule has 6 nitrogen and oxygen atoms in total. The van der Waals surface area contributed by atoms with E-state index in [1.165, 1.54) is 5.56 Å². The molecule has 0 fully saturated rings. The van der Waals surface area contributed by atoms with Gasteiger partial charge in [-0.15, -0.1) is 0 Å². The molecule has 1 aromatic carbocycles. The highest BCUT2D eigenvalue weighted by Crippen LogP contribution is 2.20. The van der Waals surface area contributed by atoms with Gasteiger partial charge in [-0.3, -0.25) is 4.79 Å². The van der Waals surface area contributed by atoms with Gasteiger partial charge in [-0.05, 0) is 31.2 Å². The number of carbonyl (C=O) groups is 1. The Morgan fingerprint density at radius 2 is 1.92 bits per heavy atom. The molecule has 0 radical (unpaired) electrons. The number of nitrogens with one attached hydrogen (secondary N) is 1. The number of methoxy groups -OCH3 is 1. The number of benzene rings is 1. The third-order valence-electron chi connectivity index (χ3n) is 3.71. The quantitative estimate of drug-likeness (QED) is 0.708. The van der Waals surface area contributed by atoms with Gasteiger partial charge in [0.15, 0.2) is 5.82 Å². The van der Waals surface area contributed by atoms with Gasteiger partial charge in [0.05, 0.1) is 18.5 Å². The maximum absolute atomic E-state index is 12.5. The van der Waals surface area contributed by atoms with Crippen LogP contribution in [0.15, 0.2) is 55.0 Å². The molecule has 2 aromatic heterocycles. The SMILES string of the molecule is COCCNC(=O)c1cnn(-c2ccc(C)cc2)c1-n1cccc1. The summed E-state index contributed by atoms with van der Waals surface area (Å²) in [5.74, 6) is 0.535. The van der Waals surface area contributed by atoms with E-state index in [1.54, 1.807) is 18.0 Å². The third-order valence-corrected chi connectivity index (χ3v) is 3.71. The molecule has 0 atom stereocenters. The van der Waals surface area contributed by atoms with Gasteiger partial charge >= 0.3 is 0 Å². The summed E-state index contributed by atoms with van der Waals surface area (Å²) >= 11 is 0. The first-order chi connectivity index (χ1) is 11.7. The molecule has 24 heavy (non-hydrogen) atoms. The van der Waals surface area contributed by atoms with E-state index in [4.69, 9.17) is 4.74 Å². The number of hydrogen-bond acceptors (Lipinski definition) is 3. The molecule has 124 valence electrons. The minimum Gasteiger partial charge on any atom is -0.383 e. The fraction of sp³-hybridized carbons (Fsp3) is 0.222. The van der Waals surface area contributed by atoms with Gasteiger partial charge in [-0.25, -0.2) is 4.68 Å². The molecule has 0 unspecified atom stereocenters. The minimum absolute atomic E-state index is 0.172. The summed E-state index contributed by atoms with van der Waals surface area (Å²) in [5, 5.41) is 7.27. The molecule has 6 heteroatoms. The standard InChI is InChI=1S/C18H20N4O2/c1-14-5-7-15(8-6-14)22-18(21-10-3-4-11-21)16(13-20-22)17(23)19-9-12-24-2/h3-8,10-11,13H,9,12H2,1-2H3,(H,19,23). The first-order valence-corrected chi connectivity index (χ1v) is 7.76. The number of nitrogens with zero attached hydrogens (tertiary/aromatic N) is 3. The van der Waals surface area contributed by atoms with Gasteiger partial charge < -0.3 is 14.6 Å². The molecular weight excluding hydrogens is 304 g/mol. The van der Waals surface area contributed by atoms with Gasteiger partial charge in [-0.1, -0.05) is 17.7 Å². The van der Waals surface area contributed by atoms with Crippen LogP contribution in [0.3, 0.4) is 0 Å². The monoisotopic (exact) mass is 324 g/mol. The second kappa shape index (κ2) is 7.14. The lowest BCUT2D eigenvalue weighted by molar-refractivity contribution is 0.0937. The van der Waals surface area contributed by atoms with Crippen LogP contribution < -0.4 is 5.32 Å². The van der Waals surface area contributed by atoms with Crippen LogP contribution >= 0.6 is 0 Å². The van der Waals surface area contributed by atoms with E-state index in [0.29, 0.717) is 24.5 Å². The zero-order valence-electron chi connectivity index (χ0n) is 13.8. The van der Waals surface area contributed by atoms with Crippen LogP contribution in [0.2, 0.25) is 0 Å². The predicted octanol–water partition coefficient (Wildman–Crippen LogP) is 2.35. The van der Waals surface area contributed by atoms with E-state index in [9.17, 15) is 4.79 Å². The van der Waals surface area contributed by atoms with Crippen molar-refractivity contribution in [3.63, 3.8) is 0 Å². The fourth-order valence-corrected chi connectivity index (χ4v) is 2.46. The van der Waals surface area contributed by atoms with Crippen LogP contribution in [-0.2, 0) is 4.74 Å². The highest BCUT2D eigenvalue weighted by molar-refractivity contribution is 5.97. The minimum atomic E-state index is -0.172. The van der Waals surface area contributed by atoms with Crippen molar-refractivity contribution in [2.45, 2.75) is 6.92 Å². The third kappa shape index (κ3) is 3.23. The second-order valence-electron chi connectivity index (χ2n) is 5.47. The van der Waals surface area contributed by atoms with E-state index in [2.05, 4.69) is 10.4 Å². The number of rotatable bonds is 6. The van der Waals surface area contributed by atoms with Crippen molar-refractivity contribution in [1.29, 1.82) is 0 Å². The fourth-order valence-electron chi connectivity index (χ4n) is 2.46. The summed E-state index contributed by atoms with van der Waals surface area (Å²) in [4.78, 5) is 12.5. The Kier molecular flexibility index (Phi) is 4.77. The lowest BCUT2D eigenvalue weighted by Gasteiger charge is -2.11. The molecule has 1 amide bonds. The van der Waals surface area contributed by atoms with E-state index in [0.717, 1.165) is 5.69 Å². The topological polar surface area (TPSA) is 61.1 Å². The molecular formula is C18H20N4O2. The Labute approximate surface area is 140 Å². The molecule has 0 aliphatic carbocycles. The summed E-state index contributed by atoms with van der Waals surface area (Å²) < 4.78 is 8.63. The average molecular weight is 324 g/mol. The molecule has 0 aliphatic heterocycles. The maximum atomic E-state index is 12.5. The molecule has 2 heterocycles. The molecule has 0 aliphatic rings. The zero-order valence-corrected chi connectivity index (χ0v) is 13.8. The molecule has 3 aromatic rings. The van der Waals surface area contributed by atoms with Crippen molar-refractivity contribution in [3.05, 3.63) is 66.1 Å². The van der Waals surface area contributed by atoms with Gasteiger partial charge in [0, 0.05) is 26.0 Å². The van der Waals surface area contributed by atoms with E-state index in [-0.39, 0.29) is 5.91 Å². The number of aryl methyl sites for hydroxylation is 1. The van der Waals surface area contributed by atoms with Crippen molar-refractivity contribution in [2.75, 3.05) is 20.3 Å². The van der Waals surface area contributed by atoms with Crippen molar-refractivity contribution >= 4 is 5.91 Å². The van der Waals surface area contributed by atoms with Crippen LogP contribution in [0.5, 0.6) is 0 Å². The Balaban J connectivity index is 2.01. The van der Waals surface area contributed by atoms with Crippen molar-refractivity contribution in [3.8, 4) is 11.5 Å². The molecule has 1 N–H and O–H groups in total. The Morgan fingerprint density at radius 3 is 2.58 bits per heavy atom. The van der Waals surface area contributed by atoms with Crippen LogP contribution in [0, 0.1) is 6.92 Å².